The van der Waals surface area contributed by atoms with Crippen molar-refractivity contribution in [2.24, 2.45) is 11.8 Å². The molecule has 2 unspecified atom stereocenters. The van der Waals surface area contributed by atoms with E-state index in [9.17, 15) is 0 Å². The lowest BCUT2D eigenvalue weighted by molar-refractivity contribution is 0.966. The fourth-order valence-corrected chi connectivity index (χ4v) is 9.87. The Kier molecular flexibility index (Phi) is 5.71. The highest BCUT2D eigenvalue weighted by Crippen LogP contribution is 2.57. The SMILES string of the molecule is C1=CC2C=CC3C=Cc4c5c6c7c(ccc8ccc1c(c87)C2=C53)ccc6n4-c1c(-c2nc(-c3ccccc3)nc(-c3ccccc3)n2)ccc2ccccc12. The number of aromatic nitrogens is 4. The summed E-state index contributed by atoms with van der Waals surface area (Å²) < 4.78 is 2.52. The second-order valence-electron chi connectivity index (χ2n) is 15.1. The van der Waals surface area contributed by atoms with Gasteiger partial charge in [-0.05, 0) is 62.0 Å². The molecule has 0 aliphatic heterocycles. The number of benzene rings is 7. The summed E-state index contributed by atoms with van der Waals surface area (Å²) in [5, 5.41) is 8.93. The molecule has 7 aromatic carbocycles. The highest BCUT2D eigenvalue weighted by atomic mass is 15.1. The van der Waals surface area contributed by atoms with Crippen LogP contribution in [0, 0.1) is 11.8 Å². The van der Waals surface area contributed by atoms with Crippen molar-refractivity contribution < 1.29 is 0 Å². The van der Waals surface area contributed by atoms with Gasteiger partial charge in [0.1, 0.15) is 0 Å². The molecule has 2 atom stereocenters. The third kappa shape index (κ3) is 3.93. The van der Waals surface area contributed by atoms with Crippen molar-refractivity contribution in [1.29, 1.82) is 0 Å². The minimum absolute atomic E-state index is 0.203. The molecule has 0 fully saturated rings. The minimum Gasteiger partial charge on any atom is -0.308 e. The predicted molar refractivity (Wildman–Crippen MR) is 226 cm³/mol. The van der Waals surface area contributed by atoms with E-state index in [-0.39, 0.29) is 11.8 Å². The Labute approximate surface area is 316 Å². The second-order valence-corrected chi connectivity index (χ2v) is 15.1. The van der Waals surface area contributed by atoms with Gasteiger partial charge in [-0.1, -0.05) is 152 Å². The summed E-state index contributed by atoms with van der Waals surface area (Å²) in [6, 6.07) is 47.6. The third-order valence-electron chi connectivity index (χ3n) is 12.2. The minimum atomic E-state index is 0.203. The van der Waals surface area contributed by atoms with Crippen molar-refractivity contribution in [2.45, 2.75) is 0 Å². The van der Waals surface area contributed by atoms with E-state index >= 15 is 0 Å². The van der Waals surface area contributed by atoms with Gasteiger partial charge in [0, 0.05) is 50.2 Å². The van der Waals surface area contributed by atoms with Crippen molar-refractivity contribution in [3.8, 4) is 39.9 Å². The quantitative estimate of drug-likeness (QED) is 0.136. The van der Waals surface area contributed by atoms with Crippen LogP contribution in [0.1, 0.15) is 22.4 Å². The molecule has 0 radical (unpaired) electrons. The number of allylic oxidation sites excluding steroid dienone is 6. The molecule has 254 valence electrons. The van der Waals surface area contributed by atoms with Gasteiger partial charge in [-0.3, -0.25) is 0 Å². The maximum absolute atomic E-state index is 5.28. The molecule has 0 spiro atoms. The normalized spacial score (nSPS) is 17.2. The first-order valence-corrected chi connectivity index (χ1v) is 19.0. The summed E-state index contributed by atoms with van der Waals surface area (Å²) in [7, 11) is 0. The summed E-state index contributed by atoms with van der Waals surface area (Å²) in [4.78, 5) is 15.6. The maximum Gasteiger partial charge on any atom is 0.166 e. The van der Waals surface area contributed by atoms with Gasteiger partial charge < -0.3 is 4.57 Å². The molecular formula is C51H30N4. The standard InChI is InChI=1S/C51H30N4/c1-3-10-35(11-4-1)49-52-50(36-12-5-2-6-13-36)54-51(53-49)38-26-23-29-9-7-8-14-37(29)48(38)55-39-27-24-33-21-19-31-17-15-30-16-18-32-20-22-34-25-28-40(55)47-45(34)43(32)41(30)42(31)44(33)46(39)47/h1-28,31,33H. The van der Waals surface area contributed by atoms with Crippen LogP contribution in [0.3, 0.4) is 0 Å². The van der Waals surface area contributed by atoms with Gasteiger partial charge in [-0.2, -0.15) is 0 Å². The van der Waals surface area contributed by atoms with Crippen molar-refractivity contribution >= 4 is 66.5 Å². The summed E-state index contributed by atoms with van der Waals surface area (Å²) in [6.07, 6.45) is 14.4. The Morgan fingerprint density at radius 2 is 1.04 bits per heavy atom. The molecule has 4 aliphatic carbocycles. The molecule has 9 aromatic rings. The Balaban J connectivity index is 1.20. The highest BCUT2D eigenvalue weighted by molar-refractivity contribution is 6.31. The lowest BCUT2D eigenvalue weighted by atomic mass is 9.71. The van der Waals surface area contributed by atoms with Crippen LogP contribution in [-0.2, 0) is 0 Å². The maximum atomic E-state index is 5.28. The van der Waals surface area contributed by atoms with Crippen molar-refractivity contribution in [2.75, 3.05) is 0 Å². The number of hydrogen-bond donors (Lipinski definition) is 0. The first-order valence-electron chi connectivity index (χ1n) is 19.0. The molecule has 0 amide bonds. The molecule has 0 N–H and O–H groups in total. The van der Waals surface area contributed by atoms with E-state index < -0.39 is 0 Å². The zero-order chi connectivity index (χ0) is 35.8. The Hall–Kier alpha value is -7.17. The average molecular weight is 699 g/mol. The van der Waals surface area contributed by atoms with E-state index in [2.05, 4.69) is 138 Å². The van der Waals surface area contributed by atoms with Gasteiger partial charge in [-0.25, -0.2) is 15.0 Å². The van der Waals surface area contributed by atoms with Gasteiger partial charge in [0.2, 0.25) is 0 Å². The van der Waals surface area contributed by atoms with Crippen molar-refractivity contribution in [1.82, 2.24) is 19.5 Å². The van der Waals surface area contributed by atoms with Crippen LogP contribution in [0.4, 0.5) is 0 Å². The fourth-order valence-electron chi connectivity index (χ4n) is 9.87. The van der Waals surface area contributed by atoms with Crippen LogP contribution < -0.4 is 0 Å². The molecule has 4 heteroatoms. The zero-order valence-electron chi connectivity index (χ0n) is 29.6. The molecule has 0 saturated carbocycles. The second kappa shape index (κ2) is 10.7. The fraction of sp³-hybridized carbons (Fsp3) is 0.0392. The first kappa shape index (κ1) is 29.3. The van der Waals surface area contributed by atoms with E-state index in [1.54, 1.807) is 0 Å². The number of fused-ring (bicyclic) bond motifs is 1. The summed E-state index contributed by atoms with van der Waals surface area (Å²) >= 11 is 0. The van der Waals surface area contributed by atoms with E-state index in [0.29, 0.717) is 17.5 Å². The highest BCUT2D eigenvalue weighted by Gasteiger charge is 2.38. The van der Waals surface area contributed by atoms with Gasteiger partial charge >= 0.3 is 0 Å². The van der Waals surface area contributed by atoms with E-state index in [0.717, 1.165) is 27.8 Å². The lowest BCUT2D eigenvalue weighted by Gasteiger charge is -2.33. The van der Waals surface area contributed by atoms with E-state index in [4.69, 9.17) is 15.0 Å². The van der Waals surface area contributed by atoms with E-state index in [1.807, 2.05) is 36.4 Å². The van der Waals surface area contributed by atoms with Crippen molar-refractivity contribution in [3.05, 3.63) is 180 Å². The smallest absolute Gasteiger partial charge is 0.166 e. The van der Waals surface area contributed by atoms with Crippen LogP contribution in [0.25, 0.3) is 106 Å². The molecule has 2 aromatic heterocycles. The van der Waals surface area contributed by atoms with Crippen LogP contribution >= 0.6 is 0 Å². The number of hydrogen-bond acceptors (Lipinski definition) is 3. The van der Waals surface area contributed by atoms with Crippen molar-refractivity contribution in [3.63, 3.8) is 0 Å². The topological polar surface area (TPSA) is 43.6 Å². The molecular weight excluding hydrogens is 669 g/mol. The molecule has 2 heterocycles. The van der Waals surface area contributed by atoms with Gasteiger partial charge in [-0.15, -0.1) is 0 Å². The molecule has 13 rings (SSSR count). The number of rotatable bonds is 4. The largest absolute Gasteiger partial charge is 0.308 e. The Bertz CT molecular complexity index is 3250. The van der Waals surface area contributed by atoms with Crippen LogP contribution in [0.2, 0.25) is 0 Å². The van der Waals surface area contributed by atoms with Gasteiger partial charge in [0.15, 0.2) is 17.5 Å². The van der Waals surface area contributed by atoms with Crippen LogP contribution in [-0.4, -0.2) is 19.5 Å². The summed E-state index contributed by atoms with van der Waals surface area (Å²) in [5.41, 5.74) is 13.3. The van der Waals surface area contributed by atoms with Gasteiger partial charge in [0.05, 0.1) is 16.9 Å². The molecule has 0 saturated heterocycles. The summed E-state index contributed by atoms with van der Waals surface area (Å²) in [5.74, 6) is 2.38. The Morgan fingerprint density at radius 1 is 0.436 bits per heavy atom. The number of nitrogens with zero attached hydrogens (tertiary/aromatic N) is 4. The molecule has 55 heavy (non-hydrogen) atoms. The van der Waals surface area contributed by atoms with Crippen LogP contribution in [0.15, 0.2) is 158 Å². The monoisotopic (exact) mass is 698 g/mol. The molecule has 0 bridgehead atoms. The van der Waals surface area contributed by atoms with Gasteiger partial charge in [0.25, 0.3) is 0 Å². The summed E-state index contributed by atoms with van der Waals surface area (Å²) in [6.45, 7) is 0. The lowest BCUT2D eigenvalue weighted by Crippen LogP contribution is -2.16. The zero-order valence-corrected chi connectivity index (χ0v) is 29.6. The van der Waals surface area contributed by atoms with Crippen LogP contribution in [0.5, 0.6) is 0 Å². The molecule has 4 aliphatic rings. The predicted octanol–water partition coefficient (Wildman–Crippen LogP) is 12.4. The third-order valence-corrected chi connectivity index (χ3v) is 12.2. The Morgan fingerprint density at radius 3 is 1.80 bits per heavy atom. The first-order chi connectivity index (χ1) is 27.3. The van der Waals surface area contributed by atoms with E-state index in [1.165, 1.54) is 71.4 Å². The average Bonchev–Trinajstić information content (AvgIpc) is 3.52. The molecule has 4 nitrogen and oxygen atoms in total.